The number of hydrogen-bond donors (Lipinski definition) is 1. The summed E-state index contributed by atoms with van der Waals surface area (Å²) in [6.45, 7) is 3.11. The fourth-order valence-electron chi connectivity index (χ4n) is 3.45. The SMILES string of the molecule is Cc1ccc([C@@]2(C)NC(=O)N(CC(=O)N(C)[C@@H]3CCS(=O)(=O)C3)C2=O)cc1. The molecular formula is C18H23N3O5S. The van der Waals surface area contributed by atoms with Gasteiger partial charge in [-0.25, -0.2) is 13.2 Å². The van der Waals surface area contributed by atoms with E-state index in [1.165, 1.54) is 11.9 Å². The molecule has 2 fully saturated rings. The average molecular weight is 393 g/mol. The molecule has 0 spiro atoms. The molecule has 1 aromatic carbocycles. The summed E-state index contributed by atoms with van der Waals surface area (Å²) in [5, 5.41) is 2.66. The molecule has 1 aromatic rings. The lowest BCUT2D eigenvalue weighted by Gasteiger charge is -2.26. The molecule has 27 heavy (non-hydrogen) atoms. The predicted molar refractivity (Wildman–Crippen MR) is 98.6 cm³/mol. The second kappa shape index (κ2) is 6.63. The third kappa shape index (κ3) is 3.55. The topological polar surface area (TPSA) is 104 Å². The van der Waals surface area contributed by atoms with Crippen molar-refractivity contribution in [2.45, 2.75) is 31.8 Å². The molecule has 8 nitrogen and oxygen atoms in total. The van der Waals surface area contributed by atoms with Gasteiger partial charge in [0.2, 0.25) is 5.91 Å². The number of hydrogen-bond acceptors (Lipinski definition) is 5. The maximum Gasteiger partial charge on any atom is 0.325 e. The van der Waals surface area contributed by atoms with E-state index in [1.54, 1.807) is 19.1 Å². The van der Waals surface area contributed by atoms with Crippen LogP contribution in [0.2, 0.25) is 0 Å². The van der Waals surface area contributed by atoms with Gasteiger partial charge in [-0.2, -0.15) is 0 Å². The number of carbonyl (C=O) groups is 3. The van der Waals surface area contributed by atoms with Crippen LogP contribution >= 0.6 is 0 Å². The van der Waals surface area contributed by atoms with E-state index in [-0.39, 0.29) is 11.5 Å². The summed E-state index contributed by atoms with van der Waals surface area (Å²) in [6.07, 6.45) is 0.367. The Bertz CT molecular complexity index is 896. The number of sulfone groups is 1. The molecule has 146 valence electrons. The Morgan fingerprint density at radius 3 is 2.48 bits per heavy atom. The summed E-state index contributed by atoms with van der Waals surface area (Å²) in [5.74, 6) is -1.01. The largest absolute Gasteiger partial charge is 0.340 e. The average Bonchev–Trinajstić information content (AvgIpc) is 3.07. The molecule has 2 atom stereocenters. The van der Waals surface area contributed by atoms with E-state index in [2.05, 4.69) is 5.32 Å². The summed E-state index contributed by atoms with van der Waals surface area (Å²) < 4.78 is 23.2. The smallest absolute Gasteiger partial charge is 0.325 e. The van der Waals surface area contributed by atoms with E-state index in [4.69, 9.17) is 0 Å². The van der Waals surface area contributed by atoms with Crippen LogP contribution in [-0.4, -0.2) is 67.2 Å². The molecule has 0 unspecified atom stereocenters. The van der Waals surface area contributed by atoms with E-state index >= 15 is 0 Å². The van der Waals surface area contributed by atoms with Crippen molar-refractivity contribution in [2.24, 2.45) is 0 Å². The van der Waals surface area contributed by atoms with Crippen molar-refractivity contribution < 1.29 is 22.8 Å². The Balaban J connectivity index is 1.74. The lowest BCUT2D eigenvalue weighted by Crippen LogP contribution is -2.46. The van der Waals surface area contributed by atoms with Gasteiger partial charge in [0.1, 0.15) is 12.1 Å². The van der Waals surface area contributed by atoms with Crippen molar-refractivity contribution >= 4 is 27.7 Å². The van der Waals surface area contributed by atoms with E-state index < -0.39 is 45.8 Å². The highest BCUT2D eigenvalue weighted by molar-refractivity contribution is 7.91. The second-order valence-electron chi connectivity index (χ2n) is 7.37. The summed E-state index contributed by atoms with van der Waals surface area (Å²) >= 11 is 0. The molecule has 0 aromatic heterocycles. The third-order valence-electron chi connectivity index (χ3n) is 5.35. The molecule has 0 radical (unpaired) electrons. The highest BCUT2D eigenvalue weighted by atomic mass is 32.2. The van der Waals surface area contributed by atoms with Crippen LogP contribution in [0.3, 0.4) is 0 Å². The van der Waals surface area contributed by atoms with Gasteiger partial charge >= 0.3 is 6.03 Å². The molecule has 2 heterocycles. The zero-order valence-electron chi connectivity index (χ0n) is 15.6. The standard InChI is InChI=1S/C18H23N3O5S/c1-12-4-6-13(7-5-12)18(2)16(23)21(17(24)19-18)10-15(22)20(3)14-8-9-27(25,26)11-14/h4-7,14H,8-11H2,1-3H3,(H,19,24)/t14-,18-/m1/s1. The molecule has 3 rings (SSSR count). The molecular weight excluding hydrogens is 370 g/mol. The van der Waals surface area contributed by atoms with Gasteiger partial charge in [0.05, 0.1) is 11.5 Å². The van der Waals surface area contributed by atoms with E-state index in [0.29, 0.717) is 12.0 Å². The number of rotatable bonds is 4. The number of likely N-dealkylation sites (N-methyl/N-ethyl adjacent to an activating group) is 1. The van der Waals surface area contributed by atoms with Crippen molar-refractivity contribution in [2.75, 3.05) is 25.1 Å². The third-order valence-corrected chi connectivity index (χ3v) is 7.10. The van der Waals surface area contributed by atoms with Crippen molar-refractivity contribution in [3.8, 4) is 0 Å². The number of aryl methyl sites for hydroxylation is 1. The van der Waals surface area contributed by atoms with Crippen LogP contribution in [0.4, 0.5) is 4.79 Å². The quantitative estimate of drug-likeness (QED) is 0.746. The van der Waals surface area contributed by atoms with Crippen LogP contribution in [0, 0.1) is 6.92 Å². The number of carbonyl (C=O) groups excluding carboxylic acids is 3. The van der Waals surface area contributed by atoms with Gasteiger partial charge in [-0.1, -0.05) is 29.8 Å². The van der Waals surface area contributed by atoms with Gasteiger partial charge in [0, 0.05) is 13.1 Å². The molecule has 4 amide bonds. The minimum Gasteiger partial charge on any atom is -0.340 e. The first-order chi connectivity index (χ1) is 12.5. The molecule has 2 aliphatic heterocycles. The van der Waals surface area contributed by atoms with Gasteiger partial charge in [-0.05, 0) is 25.8 Å². The summed E-state index contributed by atoms with van der Waals surface area (Å²) in [5.41, 5.74) is 0.427. The Morgan fingerprint density at radius 2 is 1.93 bits per heavy atom. The maximum atomic E-state index is 12.9. The van der Waals surface area contributed by atoms with Crippen molar-refractivity contribution in [1.29, 1.82) is 0 Å². The van der Waals surface area contributed by atoms with Crippen LogP contribution in [0.5, 0.6) is 0 Å². The Morgan fingerprint density at radius 1 is 1.30 bits per heavy atom. The van der Waals surface area contributed by atoms with Gasteiger partial charge < -0.3 is 10.2 Å². The Labute approximate surface area is 158 Å². The number of nitrogens with one attached hydrogen (secondary N) is 1. The van der Waals surface area contributed by atoms with Crippen LogP contribution in [0.1, 0.15) is 24.5 Å². The van der Waals surface area contributed by atoms with Crippen LogP contribution < -0.4 is 5.32 Å². The van der Waals surface area contributed by atoms with Gasteiger partial charge in [0.25, 0.3) is 5.91 Å². The maximum absolute atomic E-state index is 12.9. The molecule has 9 heteroatoms. The Hall–Kier alpha value is -2.42. The van der Waals surface area contributed by atoms with E-state index in [9.17, 15) is 22.8 Å². The first kappa shape index (κ1) is 19.3. The summed E-state index contributed by atoms with van der Waals surface area (Å²) in [4.78, 5) is 40.0. The normalized spacial score (nSPS) is 26.9. The molecule has 1 N–H and O–H groups in total. The number of imide groups is 1. The molecule has 0 saturated carbocycles. The lowest BCUT2D eigenvalue weighted by molar-refractivity contribution is -0.139. The highest BCUT2D eigenvalue weighted by Crippen LogP contribution is 2.29. The number of benzene rings is 1. The van der Waals surface area contributed by atoms with Crippen molar-refractivity contribution in [1.82, 2.24) is 15.1 Å². The van der Waals surface area contributed by atoms with Crippen molar-refractivity contribution in [3.05, 3.63) is 35.4 Å². The summed E-state index contributed by atoms with van der Waals surface area (Å²) in [6, 6.07) is 6.18. The summed E-state index contributed by atoms with van der Waals surface area (Å²) in [7, 11) is -1.63. The number of amides is 4. The van der Waals surface area contributed by atoms with E-state index in [1.807, 2.05) is 19.1 Å². The molecule has 2 aliphatic rings. The minimum atomic E-state index is -3.13. The zero-order valence-corrected chi connectivity index (χ0v) is 16.4. The molecule has 0 bridgehead atoms. The first-order valence-corrected chi connectivity index (χ1v) is 10.5. The monoisotopic (exact) mass is 393 g/mol. The molecule has 2 saturated heterocycles. The fourth-order valence-corrected chi connectivity index (χ4v) is 5.23. The van der Waals surface area contributed by atoms with Crippen LogP contribution in [0.25, 0.3) is 0 Å². The first-order valence-electron chi connectivity index (χ1n) is 8.71. The predicted octanol–water partition coefficient (Wildman–Crippen LogP) is 0.408. The van der Waals surface area contributed by atoms with Gasteiger partial charge in [-0.15, -0.1) is 0 Å². The fraction of sp³-hybridized carbons (Fsp3) is 0.500. The number of nitrogens with zero attached hydrogens (tertiary/aromatic N) is 2. The highest BCUT2D eigenvalue weighted by Gasteiger charge is 2.49. The second-order valence-corrected chi connectivity index (χ2v) is 9.60. The van der Waals surface area contributed by atoms with Gasteiger partial charge in [0.15, 0.2) is 9.84 Å². The van der Waals surface area contributed by atoms with Crippen LogP contribution in [0.15, 0.2) is 24.3 Å². The zero-order chi connectivity index (χ0) is 20.0. The Kier molecular flexibility index (Phi) is 4.75. The number of urea groups is 1. The van der Waals surface area contributed by atoms with Crippen LogP contribution in [-0.2, 0) is 25.0 Å². The minimum absolute atomic E-state index is 0.0455. The van der Waals surface area contributed by atoms with Gasteiger partial charge in [-0.3, -0.25) is 14.5 Å². The molecule has 0 aliphatic carbocycles. The van der Waals surface area contributed by atoms with Crippen molar-refractivity contribution in [3.63, 3.8) is 0 Å². The van der Waals surface area contributed by atoms with E-state index in [0.717, 1.165) is 10.5 Å². The lowest BCUT2D eigenvalue weighted by atomic mass is 9.91.